The van der Waals surface area contributed by atoms with Crippen LogP contribution in [0.4, 0.5) is 0 Å². The highest BCUT2D eigenvalue weighted by molar-refractivity contribution is 6.32. The van der Waals surface area contributed by atoms with E-state index in [1.807, 2.05) is 97.1 Å². The normalized spacial score (nSPS) is 11.6. The van der Waals surface area contributed by atoms with Gasteiger partial charge in [-0.1, -0.05) is 68.1 Å². The molecular weight excluding hydrogens is 813 g/mol. The summed E-state index contributed by atoms with van der Waals surface area (Å²) in [7, 11) is 0. The Morgan fingerprint density at radius 1 is 0.415 bits per heavy atom. The standard InChI is InChI=1S/2C26H10N4O2.CH4/c27-11-13-9-17-22-16(25-29-18-6-2-3-7-19(18)30(25)26(17)31)10-14(12-28)24-23(22)21(13)15-5-1-4-8-20(15)32-24;27-11-13-9-16-22-17(26(31)30-19-7-3-2-6-18(19)29-25(16)30)10-14(12-28)24-23(22)21(13)15-5-1-4-8-20(15)32-24;/h2*1-10H;1H4. The van der Waals surface area contributed by atoms with Crippen LogP contribution in [0, 0.1) is 45.3 Å². The third-order valence-electron chi connectivity index (χ3n) is 12.4. The topological polar surface area (TPSA) is 190 Å². The van der Waals surface area contributed by atoms with Crippen molar-refractivity contribution in [3.05, 3.63) is 164 Å². The van der Waals surface area contributed by atoms with E-state index in [0.29, 0.717) is 126 Å². The van der Waals surface area contributed by atoms with E-state index >= 15 is 0 Å². The van der Waals surface area contributed by atoms with E-state index in [2.05, 4.69) is 24.3 Å². The van der Waals surface area contributed by atoms with Crippen molar-refractivity contribution in [3.63, 3.8) is 0 Å². The number of nitriles is 4. The second-order valence-electron chi connectivity index (χ2n) is 15.6. The lowest BCUT2D eigenvalue weighted by atomic mass is 9.91. The van der Waals surface area contributed by atoms with Gasteiger partial charge in [-0.3, -0.25) is 18.4 Å². The van der Waals surface area contributed by atoms with Gasteiger partial charge in [0.15, 0.2) is 11.2 Å². The van der Waals surface area contributed by atoms with Gasteiger partial charge in [0.1, 0.15) is 34.6 Å². The average molecular weight is 837 g/mol. The van der Waals surface area contributed by atoms with Crippen molar-refractivity contribution in [1.82, 2.24) is 18.8 Å². The molecule has 12 heteroatoms. The molecule has 6 aromatic heterocycles. The lowest BCUT2D eigenvalue weighted by molar-refractivity contribution is 0.660. The van der Waals surface area contributed by atoms with Gasteiger partial charge in [0.25, 0.3) is 11.1 Å². The van der Waals surface area contributed by atoms with Crippen LogP contribution in [0.2, 0.25) is 0 Å². The molecule has 6 heterocycles. The predicted octanol–water partition coefficient (Wildman–Crippen LogP) is 11.1. The van der Waals surface area contributed by atoms with Crippen LogP contribution in [-0.2, 0) is 0 Å². The summed E-state index contributed by atoms with van der Waals surface area (Å²) in [5, 5.41) is 47.5. The quantitative estimate of drug-likeness (QED) is 0.105. The summed E-state index contributed by atoms with van der Waals surface area (Å²) in [6, 6.07) is 45.4. The van der Waals surface area contributed by atoms with E-state index in [4.69, 9.17) is 18.8 Å². The number of pyridine rings is 2. The molecule has 0 atom stereocenters. The summed E-state index contributed by atoms with van der Waals surface area (Å²) in [5.41, 5.74) is 6.51. The van der Waals surface area contributed by atoms with Gasteiger partial charge in [0.2, 0.25) is 0 Å². The summed E-state index contributed by atoms with van der Waals surface area (Å²) in [6.07, 6.45) is 0. The highest BCUT2D eigenvalue weighted by atomic mass is 16.3. The molecule has 8 aromatic carbocycles. The van der Waals surface area contributed by atoms with E-state index in [1.54, 1.807) is 33.1 Å². The molecule has 65 heavy (non-hydrogen) atoms. The number of nitrogens with zero attached hydrogens (tertiary/aromatic N) is 8. The second-order valence-corrected chi connectivity index (χ2v) is 15.6. The maximum absolute atomic E-state index is 13.7. The molecule has 0 saturated carbocycles. The van der Waals surface area contributed by atoms with Crippen LogP contribution in [0.3, 0.4) is 0 Å². The SMILES string of the molecule is C.N#Cc1cc2c(=O)n3c4ccccc4nc3c3cc(C#N)c4c5ccccc5oc1c4c23.N#Cc1cc2c3c(cc(C#N)c4c5ccccc5oc1c43)c(=O)n1c3ccccc3nc21. The maximum Gasteiger partial charge on any atom is 0.264 e. The fourth-order valence-electron chi connectivity index (χ4n) is 9.83. The van der Waals surface area contributed by atoms with Gasteiger partial charge in [0, 0.05) is 53.9 Å². The van der Waals surface area contributed by atoms with Crippen molar-refractivity contribution < 1.29 is 8.83 Å². The van der Waals surface area contributed by atoms with E-state index < -0.39 is 0 Å². The molecule has 0 N–H and O–H groups in total. The molecule has 300 valence electrons. The van der Waals surface area contributed by atoms with Crippen LogP contribution in [0.5, 0.6) is 0 Å². The van der Waals surface area contributed by atoms with E-state index in [9.17, 15) is 30.6 Å². The molecule has 0 aliphatic rings. The Morgan fingerprint density at radius 2 is 0.785 bits per heavy atom. The largest absolute Gasteiger partial charge is 0.455 e. The van der Waals surface area contributed by atoms with Gasteiger partial charge in [-0.25, -0.2) is 9.97 Å². The number of rotatable bonds is 0. The first-order valence-electron chi connectivity index (χ1n) is 20.0. The monoisotopic (exact) mass is 836 g/mol. The molecule has 0 aliphatic heterocycles. The Labute approximate surface area is 363 Å². The van der Waals surface area contributed by atoms with E-state index in [1.165, 1.54) is 0 Å². The number of para-hydroxylation sites is 6. The van der Waals surface area contributed by atoms with Crippen molar-refractivity contribution >= 4 is 120 Å². The zero-order chi connectivity index (χ0) is 43.1. The number of imidazole rings is 2. The van der Waals surface area contributed by atoms with Gasteiger partial charge < -0.3 is 8.83 Å². The summed E-state index contributed by atoms with van der Waals surface area (Å²) in [5.74, 6) is 0. The number of aromatic nitrogens is 4. The highest BCUT2D eigenvalue weighted by Crippen LogP contribution is 2.44. The number of hydrogen-bond donors (Lipinski definition) is 0. The van der Waals surface area contributed by atoms with Gasteiger partial charge in [-0.2, -0.15) is 21.0 Å². The maximum atomic E-state index is 13.7. The molecule has 0 saturated heterocycles. The lowest BCUT2D eigenvalue weighted by Crippen LogP contribution is -2.14. The number of benzene rings is 8. The molecule has 0 fully saturated rings. The van der Waals surface area contributed by atoms with Crippen LogP contribution >= 0.6 is 0 Å². The number of fused-ring (bicyclic) bond motifs is 12. The van der Waals surface area contributed by atoms with Crippen molar-refractivity contribution in [2.45, 2.75) is 7.43 Å². The summed E-state index contributed by atoms with van der Waals surface area (Å²) < 4.78 is 15.5. The van der Waals surface area contributed by atoms with Crippen LogP contribution in [0.1, 0.15) is 29.7 Å². The van der Waals surface area contributed by atoms with E-state index in [-0.39, 0.29) is 24.1 Å². The van der Waals surface area contributed by atoms with Crippen LogP contribution < -0.4 is 11.1 Å². The summed E-state index contributed by atoms with van der Waals surface area (Å²) >= 11 is 0. The van der Waals surface area contributed by atoms with Gasteiger partial charge in [0.05, 0.1) is 67.2 Å². The van der Waals surface area contributed by atoms with Gasteiger partial charge in [-0.05, 0) is 60.7 Å². The molecule has 14 aromatic rings. The Balaban J connectivity index is 0.000000135. The second kappa shape index (κ2) is 13.1. The summed E-state index contributed by atoms with van der Waals surface area (Å²) in [6.45, 7) is 0. The first kappa shape index (κ1) is 36.9. The zero-order valence-electron chi connectivity index (χ0n) is 32.8. The molecule has 0 amide bonds. The van der Waals surface area contributed by atoms with Crippen LogP contribution in [0.25, 0.3) is 120 Å². The number of hydrogen-bond acceptors (Lipinski definition) is 10. The molecule has 0 aliphatic carbocycles. The van der Waals surface area contributed by atoms with Crippen molar-refractivity contribution in [3.8, 4) is 24.3 Å². The summed E-state index contributed by atoms with van der Waals surface area (Å²) in [4.78, 5) is 36.8. The molecule has 0 unspecified atom stereocenters. The highest BCUT2D eigenvalue weighted by Gasteiger charge is 2.26. The minimum atomic E-state index is -0.251. The van der Waals surface area contributed by atoms with Gasteiger partial charge in [-0.15, -0.1) is 0 Å². The molecular formula is C53H24N8O4. The molecule has 12 nitrogen and oxygen atoms in total. The smallest absolute Gasteiger partial charge is 0.264 e. The first-order valence-corrected chi connectivity index (χ1v) is 20.0. The van der Waals surface area contributed by atoms with Crippen LogP contribution in [-0.4, -0.2) is 18.8 Å². The third kappa shape index (κ3) is 4.63. The average Bonchev–Trinajstić information content (AvgIpc) is 3.94. The Bertz CT molecular complexity index is 4570. The van der Waals surface area contributed by atoms with Crippen molar-refractivity contribution in [2.24, 2.45) is 0 Å². The fraction of sp³-hybridized carbons (Fsp3) is 0.0189. The first-order chi connectivity index (χ1) is 31.4. The van der Waals surface area contributed by atoms with E-state index in [0.717, 1.165) is 10.8 Å². The van der Waals surface area contributed by atoms with Crippen LogP contribution in [0.15, 0.2) is 140 Å². The minimum Gasteiger partial charge on any atom is -0.455 e. The lowest BCUT2D eigenvalue weighted by Gasteiger charge is -2.15. The zero-order valence-corrected chi connectivity index (χ0v) is 32.8. The van der Waals surface area contributed by atoms with Gasteiger partial charge >= 0.3 is 0 Å². The Kier molecular flexibility index (Phi) is 7.42. The molecule has 0 spiro atoms. The van der Waals surface area contributed by atoms with Crippen molar-refractivity contribution in [1.29, 1.82) is 21.0 Å². The third-order valence-corrected chi connectivity index (χ3v) is 12.4. The minimum absolute atomic E-state index is 0. The molecule has 0 radical (unpaired) electrons. The predicted molar refractivity (Wildman–Crippen MR) is 250 cm³/mol. The fourth-order valence-corrected chi connectivity index (χ4v) is 9.83. The van der Waals surface area contributed by atoms with Crippen molar-refractivity contribution in [2.75, 3.05) is 0 Å². The Morgan fingerprint density at radius 3 is 1.23 bits per heavy atom. The molecule has 0 bridgehead atoms. The molecule has 14 rings (SSSR count). The Hall–Kier alpha value is -9.88.